The van der Waals surface area contributed by atoms with Crippen LogP contribution in [0.15, 0.2) is 36.4 Å². The summed E-state index contributed by atoms with van der Waals surface area (Å²) in [5.41, 5.74) is 2.55. The predicted molar refractivity (Wildman–Crippen MR) is 118 cm³/mol. The lowest BCUT2D eigenvalue weighted by Crippen LogP contribution is -2.38. The maximum Gasteiger partial charge on any atom is 0.254 e. The van der Waals surface area contributed by atoms with Crippen LogP contribution in [0.5, 0.6) is 11.5 Å². The normalized spacial score (nSPS) is 14.8. The molecule has 1 amide bonds. The number of likely N-dealkylation sites (tertiary alicyclic amines) is 1. The van der Waals surface area contributed by atoms with Crippen LogP contribution in [0, 0.1) is 0 Å². The maximum absolute atomic E-state index is 13.1. The highest BCUT2D eigenvalue weighted by molar-refractivity contribution is 6.32. The van der Waals surface area contributed by atoms with Crippen molar-refractivity contribution < 1.29 is 14.3 Å². The molecule has 0 atom stereocenters. The number of halogens is 1. The number of benzene rings is 2. The molecule has 1 aliphatic heterocycles. The Kier molecular flexibility index (Phi) is 6.13. The molecule has 1 N–H and O–H groups in total. The smallest absolute Gasteiger partial charge is 0.254 e. The van der Waals surface area contributed by atoms with Gasteiger partial charge in [0.2, 0.25) is 0 Å². The number of carbonyl (C=O) groups excluding carboxylic acids is 1. The zero-order valence-electron chi connectivity index (χ0n) is 17.3. The van der Waals surface area contributed by atoms with Gasteiger partial charge in [0, 0.05) is 24.6 Å². The first-order chi connectivity index (χ1) is 14.6. The number of nitrogens with zero attached hydrogens (tertiary/aromatic N) is 2. The summed E-state index contributed by atoms with van der Waals surface area (Å²) in [6, 6.07) is 11.4. The van der Waals surface area contributed by atoms with E-state index in [1.807, 2.05) is 36.1 Å². The van der Waals surface area contributed by atoms with E-state index in [4.69, 9.17) is 26.1 Å². The lowest BCUT2D eigenvalue weighted by atomic mass is 9.95. The third kappa shape index (κ3) is 4.10. The molecule has 0 spiro atoms. The van der Waals surface area contributed by atoms with Crippen molar-refractivity contribution in [3.63, 3.8) is 0 Å². The standard InChI is InChI=1S/C23H26ClN3O3/c1-3-12-30-21-17(24)13-16(14-20(21)29-2)23(28)27-10-8-15(9-11-27)22-25-18-6-4-5-7-19(18)26-22/h4-7,13-15H,3,8-12H2,1-2H3,(H,25,26). The number of rotatable bonds is 6. The molecule has 1 saturated heterocycles. The molecule has 0 saturated carbocycles. The molecule has 158 valence electrons. The van der Waals surface area contributed by atoms with Crippen LogP contribution in [0.1, 0.15) is 48.3 Å². The minimum Gasteiger partial charge on any atom is -0.493 e. The number of ether oxygens (including phenoxy) is 2. The molecule has 4 rings (SSSR count). The number of piperidine rings is 1. The molecular weight excluding hydrogens is 402 g/mol. The van der Waals surface area contributed by atoms with E-state index in [1.54, 1.807) is 19.2 Å². The van der Waals surface area contributed by atoms with Crippen LogP contribution < -0.4 is 9.47 Å². The summed E-state index contributed by atoms with van der Waals surface area (Å²) >= 11 is 6.39. The molecule has 2 heterocycles. The van der Waals surface area contributed by atoms with Crippen LogP contribution in [0.3, 0.4) is 0 Å². The molecule has 2 aromatic carbocycles. The van der Waals surface area contributed by atoms with Crippen molar-refractivity contribution in [3.8, 4) is 11.5 Å². The van der Waals surface area contributed by atoms with Gasteiger partial charge in [-0.2, -0.15) is 0 Å². The first-order valence-corrected chi connectivity index (χ1v) is 10.7. The number of hydrogen-bond acceptors (Lipinski definition) is 4. The van der Waals surface area contributed by atoms with E-state index < -0.39 is 0 Å². The van der Waals surface area contributed by atoms with Crippen LogP contribution in [-0.2, 0) is 0 Å². The number of amides is 1. The SMILES string of the molecule is CCCOc1c(Cl)cc(C(=O)N2CCC(c3nc4ccccc4[nH]3)CC2)cc1OC. The summed E-state index contributed by atoms with van der Waals surface area (Å²) in [6.07, 6.45) is 2.60. The second kappa shape index (κ2) is 8.96. The molecule has 6 nitrogen and oxygen atoms in total. The van der Waals surface area contributed by atoms with E-state index in [0.717, 1.165) is 36.1 Å². The predicted octanol–water partition coefficient (Wildman–Crippen LogP) is 5.03. The first kappa shape index (κ1) is 20.5. The molecule has 0 unspecified atom stereocenters. The Morgan fingerprint density at radius 3 is 2.73 bits per heavy atom. The van der Waals surface area contributed by atoms with Crippen molar-refractivity contribution in [1.82, 2.24) is 14.9 Å². The van der Waals surface area contributed by atoms with Gasteiger partial charge in [-0.15, -0.1) is 0 Å². The zero-order chi connectivity index (χ0) is 21.1. The fourth-order valence-electron chi connectivity index (χ4n) is 3.89. The fraction of sp³-hybridized carbons (Fsp3) is 0.391. The minimum atomic E-state index is -0.0414. The van der Waals surface area contributed by atoms with Crippen LogP contribution >= 0.6 is 11.6 Å². The Morgan fingerprint density at radius 2 is 2.03 bits per heavy atom. The second-order valence-corrected chi connectivity index (χ2v) is 7.95. The Morgan fingerprint density at radius 1 is 1.27 bits per heavy atom. The van der Waals surface area contributed by atoms with Gasteiger partial charge >= 0.3 is 0 Å². The lowest BCUT2D eigenvalue weighted by Gasteiger charge is -2.31. The number of carbonyl (C=O) groups is 1. The molecule has 1 aliphatic rings. The Bertz CT molecular complexity index is 1010. The summed E-state index contributed by atoms with van der Waals surface area (Å²) in [4.78, 5) is 23.1. The topological polar surface area (TPSA) is 67.5 Å². The number of hydrogen-bond donors (Lipinski definition) is 1. The molecule has 3 aromatic rings. The highest BCUT2D eigenvalue weighted by Crippen LogP contribution is 2.37. The van der Waals surface area contributed by atoms with Crippen LogP contribution in [0.4, 0.5) is 0 Å². The third-order valence-corrected chi connectivity index (χ3v) is 5.78. The van der Waals surface area contributed by atoms with Gasteiger partial charge in [-0.25, -0.2) is 4.98 Å². The van der Waals surface area contributed by atoms with Gasteiger partial charge < -0.3 is 19.4 Å². The summed E-state index contributed by atoms with van der Waals surface area (Å²) in [5, 5.41) is 0.392. The van der Waals surface area contributed by atoms with Crippen LogP contribution in [0.25, 0.3) is 11.0 Å². The number of aromatic nitrogens is 2. The van der Waals surface area contributed by atoms with Gasteiger partial charge in [-0.1, -0.05) is 30.7 Å². The second-order valence-electron chi connectivity index (χ2n) is 7.54. The van der Waals surface area contributed by atoms with E-state index in [1.165, 1.54) is 0 Å². The average Bonchev–Trinajstić information content (AvgIpc) is 3.21. The molecule has 1 fully saturated rings. The van der Waals surface area contributed by atoms with Crippen molar-refractivity contribution in [2.24, 2.45) is 0 Å². The lowest BCUT2D eigenvalue weighted by molar-refractivity contribution is 0.0711. The van der Waals surface area contributed by atoms with Gasteiger partial charge in [0.05, 0.1) is 29.8 Å². The number of nitrogens with one attached hydrogen (secondary N) is 1. The molecule has 0 radical (unpaired) electrons. The van der Waals surface area contributed by atoms with E-state index in [2.05, 4.69) is 4.98 Å². The van der Waals surface area contributed by atoms with Crippen molar-refractivity contribution in [2.45, 2.75) is 32.1 Å². The number of fused-ring (bicyclic) bond motifs is 1. The van der Waals surface area contributed by atoms with E-state index in [-0.39, 0.29) is 5.91 Å². The van der Waals surface area contributed by atoms with E-state index >= 15 is 0 Å². The highest BCUT2D eigenvalue weighted by Gasteiger charge is 2.27. The molecule has 30 heavy (non-hydrogen) atoms. The monoisotopic (exact) mass is 427 g/mol. The highest BCUT2D eigenvalue weighted by atomic mass is 35.5. The largest absolute Gasteiger partial charge is 0.493 e. The molecule has 7 heteroatoms. The van der Waals surface area contributed by atoms with Gasteiger partial charge in [0.15, 0.2) is 11.5 Å². The van der Waals surface area contributed by atoms with Gasteiger partial charge in [-0.05, 0) is 43.5 Å². The minimum absolute atomic E-state index is 0.0414. The first-order valence-electron chi connectivity index (χ1n) is 10.3. The van der Waals surface area contributed by atoms with Gasteiger partial charge in [0.25, 0.3) is 5.91 Å². The Hall–Kier alpha value is -2.73. The summed E-state index contributed by atoms with van der Waals surface area (Å²) in [6.45, 7) is 3.91. The van der Waals surface area contributed by atoms with Gasteiger partial charge in [0.1, 0.15) is 5.82 Å². The van der Waals surface area contributed by atoms with Crippen molar-refractivity contribution in [3.05, 3.63) is 52.8 Å². The van der Waals surface area contributed by atoms with Gasteiger partial charge in [-0.3, -0.25) is 4.79 Å². The Labute approximate surface area is 181 Å². The quantitative estimate of drug-likeness (QED) is 0.598. The fourth-order valence-corrected chi connectivity index (χ4v) is 4.16. The zero-order valence-corrected chi connectivity index (χ0v) is 18.0. The summed E-state index contributed by atoms with van der Waals surface area (Å²) < 4.78 is 11.1. The molecular formula is C23H26ClN3O3. The average molecular weight is 428 g/mol. The van der Waals surface area contributed by atoms with Crippen LogP contribution in [-0.4, -0.2) is 47.6 Å². The van der Waals surface area contributed by atoms with E-state index in [9.17, 15) is 4.79 Å². The van der Waals surface area contributed by atoms with Crippen molar-refractivity contribution in [2.75, 3.05) is 26.8 Å². The number of methoxy groups -OCH3 is 1. The number of aromatic amines is 1. The summed E-state index contributed by atoms with van der Waals surface area (Å²) in [5.74, 6) is 2.26. The van der Waals surface area contributed by atoms with E-state index in [0.29, 0.717) is 47.7 Å². The summed E-state index contributed by atoms with van der Waals surface area (Å²) in [7, 11) is 1.55. The molecule has 1 aromatic heterocycles. The molecule has 0 aliphatic carbocycles. The Balaban J connectivity index is 1.45. The van der Waals surface area contributed by atoms with Crippen molar-refractivity contribution in [1.29, 1.82) is 0 Å². The number of H-pyrrole nitrogens is 1. The maximum atomic E-state index is 13.1. The van der Waals surface area contributed by atoms with Crippen molar-refractivity contribution >= 4 is 28.5 Å². The third-order valence-electron chi connectivity index (χ3n) is 5.50. The van der Waals surface area contributed by atoms with Crippen LogP contribution in [0.2, 0.25) is 5.02 Å². The number of para-hydroxylation sites is 2. The molecule has 0 bridgehead atoms. The number of imidazole rings is 1.